The number of rotatable bonds is 1. The summed E-state index contributed by atoms with van der Waals surface area (Å²) in [5.74, 6) is 0. The van der Waals surface area contributed by atoms with E-state index in [1.165, 1.54) is 0 Å². The Bertz CT molecular complexity index is 392. The van der Waals surface area contributed by atoms with Gasteiger partial charge in [0, 0.05) is 18.0 Å². The Morgan fingerprint density at radius 2 is 2.36 bits per heavy atom. The van der Waals surface area contributed by atoms with E-state index in [2.05, 4.69) is 5.10 Å². The minimum Gasteiger partial charge on any atom is -0.298 e. The highest BCUT2D eigenvalue weighted by Gasteiger charge is 1.97. The summed E-state index contributed by atoms with van der Waals surface area (Å²) >= 11 is 0. The molecule has 0 saturated carbocycles. The van der Waals surface area contributed by atoms with Crippen LogP contribution in [0, 0.1) is 0 Å². The molecule has 0 saturated heterocycles. The third kappa shape index (κ3) is 0.816. The summed E-state index contributed by atoms with van der Waals surface area (Å²) in [5, 5.41) is 4.01. The number of carbonyl (C=O) groups excluding carboxylic acids is 1. The molecule has 11 heavy (non-hydrogen) atoms. The van der Waals surface area contributed by atoms with E-state index >= 15 is 0 Å². The molecule has 0 radical (unpaired) electrons. The number of fused-ring (bicyclic) bond motifs is 1. The lowest BCUT2D eigenvalue weighted by Crippen LogP contribution is -1.91. The van der Waals surface area contributed by atoms with Gasteiger partial charge in [0.05, 0.1) is 5.52 Å². The summed E-state index contributed by atoms with van der Waals surface area (Å²) < 4.78 is 1.67. The van der Waals surface area contributed by atoms with E-state index < -0.39 is 0 Å². The molecule has 2 heterocycles. The molecule has 2 aromatic heterocycles. The van der Waals surface area contributed by atoms with Gasteiger partial charge in [0.1, 0.15) is 0 Å². The first-order valence-corrected chi connectivity index (χ1v) is 3.29. The molecule has 0 amide bonds. The maximum absolute atomic E-state index is 10.5. The molecule has 3 heteroatoms. The molecule has 2 rings (SSSR count). The van der Waals surface area contributed by atoms with Gasteiger partial charge in [-0.15, -0.1) is 0 Å². The van der Waals surface area contributed by atoms with Gasteiger partial charge >= 0.3 is 0 Å². The van der Waals surface area contributed by atoms with Crippen LogP contribution in [-0.2, 0) is 0 Å². The highest BCUT2D eigenvalue weighted by atomic mass is 16.1. The van der Waals surface area contributed by atoms with Crippen LogP contribution in [0.5, 0.6) is 0 Å². The molecule has 0 aliphatic heterocycles. The minimum absolute atomic E-state index is 0.671. The lowest BCUT2D eigenvalue weighted by Gasteiger charge is -1.93. The second-order valence-corrected chi connectivity index (χ2v) is 2.24. The number of carbonyl (C=O) groups is 1. The molecule has 0 N–H and O–H groups in total. The molecular weight excluding hydrogens is 140 g/mol. The van der Waals surface area contributed by atoms with Crippen molar-refractivity contribution in [3.8, 4) is 0 Å². The molecule has 0 aliphatic carbocycles. The van der Waals surface area contributed by atoms with Crippen molar-refractivity contribution in [1.82, 2.24) is 9.61 Å². The van der Waals surface area contributed by atoms with E-state index in [4.69, 9.17) is 0 Å². The van der Waals surface area contributed by atoms with Gasteiger partial charge in [0.25, 0.3) is 0 Å². The normalized spacial score (nSPS) is 10.2. The number of aromatic nitrogens is 2. The average Bonchev–Trinajstić information content (AvgIpc) is 2.50. The molecule has 0 bridgehead atoms. The first-order valence-electron chi connectivity index (χ1n) is 3.29. The molecule has 3 nitrogen and oxygen atoms in total. The highest BCUT2D eigenvalue weighted by Crippen LogP contribution is 2.06. The first-order chi connectivity index (χ1) is 5.42. The van der Waals surface area contributed by atoms with E-state index in [9.17, 15) is 4.79 Å². The molecule has 54 valence electrons. The first kappa shape index (κ1) is 6.09. The standard InChI is InChI=1S/C8H6N2O/c11-6-7-3-4-9-10-5-1-2-8(7)10/h1-6H. The van der Waals surface area contributed by atoms with Crippen molar-refractivity contribution in [3.05, 3.63) is 36.2 Å². The Labute approximate surface area is 63.3 Å². The smallest absolute Gasteiger partial charge is 0.152 e. The van der Waals surface area contributed by atoms with Crippen molar-refractivity contribution < 1.29 is 4.79 Å². The Kier molecular flexibility index (Phi) is 1.22. The Morgan fingerprint density at radius 3 is 3.18 bits per heavy atom. The Hall–Kier alpha value is -1.64. The summed E-state index contributed by atoms with van der Waals surface area (Å²) in [6, 6.07) is 5.41. The molecule has 0 aliphatic rings. The van der Waals surface area contributed by atoms with E-state index in [0.717, 1.165) is 11.8 Å². The van der Waals surface area contributed by atoms with Crippen molar-refractivity contribution in [2.24, 2.45) is 0 Å². The quantitative estimate of drug-likeness (QED) is 0.565. The minimum atomic E-state index is 0.671. The molecule has 0 atom stereocenters. The second kappa shape index (κ2) is 2.20. The van der Waals surface area contributed by atoms with Crippen molar-refractivity contribution >= 4 is 11.8 Å². The summed E-state index contributed by atoms with van der Waals surface area (Å²) in [5.41, 5.74) is 1.52. The van der Waals surface area contributed by atoms with Crippen LogP contribution < -0.4 is 0 Å². The summed E-state index contributed by atoms with van der Waals surface area (Å²) in [6.45, 7) is 0. The number of hydrogen-bond acceptors (Lipinski definition) is 2. The SMILES string of the molecule is O=Cc1ccnn2cccc12. The molecule has 2 aromatic rings. The Morgan fingerprint density at radius 1 is 1.45 bits per heavy atom. The lowest BCUT2D eigenvalue weighted by molar-refractivity contribution is 0.112. The van der Waals surface area contributed by atoms with Crippen LogP contribution in [0.2, 0.25) is 0 Å². The molecule has 0 spiro atoms. The van der Waals surface area contributed by atoms with Gasteiger partial charge in [-0.05, 0) is 18.2 Å². The monoisotopic (exact) mass is 146 g/mol. The predicted molar refractivity (Wildman–Crippen MR) is 40.6 cm³/mol. The van der Waals surface area contributed by atoms with Crippen LogP contribution in [0.1, 0.15) is 10.4 Å². The largest absolute Gasteiger partial charge is 0.298 e. The van der Waals surface area contributed by atoms with E-state index in [0.29, 0.717) is 5.56 Å². The van der Waals surface area contributed by atoms with Gasteiger partial charge in [-0.2, -0.15) is 5.10 Å². The van der Waals surface area contributed by atoms with Crippen molar-refractivity contribution in [1.29, 1.82) is 0 Å². The van der Waals surface area contributed by atoms with E-state index in [1.807, 2.05) is 18.3 Å². The second-order valence-electron chi connectivity index (χ2n) is 2.24. The fourth-order valence-corrected chi connectivity index (χ4v) is 1.07. The molecule has 0 fully saturated rings. The fourth-order valence-electron chi connectivity index (χ4n) is 1.07. The Balaban J connectivity index is 2.88. The fraction of sp³-hybridized carbons (Fsp3) is 0. The average molecular weight is 146 g/mol. The van der Waals surface area contributed by atoms with Crippen LogP contribution in [0.3, 0.4) is 0 Å². The van der Waals surface area contributed by atoms with Crippen LogP contribution in [0.25, 0.3) is 5.52 Å². The molecule has 0 aromatic carbocycles. The zero-order chi connectivity index (χ0) is 7.68. The van der Waals surface area contributed by atoms with Gasteiger partial charge in [-0.25, -0.2) is 4.52 Å². The third-order valence-electron chi connectivity index (χ3n) is 1.60. The number of aldehydes is 1. The number of nitrogens with zero attached hydrogens (tertiary/aromatic N) is 2. The maximum atomic E-state index is 10.5. The van der Waals surface area contributed by atoms with Gasteiger partial charge in [0.2, 0.25) is 0 Å². The molecular formula is C8H6N2O. The summed E-state index contributed by atoms with van der Waals surface area (Å²) in [4.78, 5) is 10.5. The van der Waals surface area contributed by atoms with E-state index in [-0.39, 0.29) is 0 Å². The van der Waals surface area contributed by atoms with Crippen LogP contribution in [0.4, 0.5) is 0 Å². The third-order valence-corrected chi connectivity index (χ3v) is 1.60. The molecule has 0 unspecified atom stereocenters. The predicted octanol–water partition coefficient (Wildman–Crippen LogP) is 1.15. The van der Waals surface area contributed by atoms with Gasteiger partial charge in [0.15, 0.2) is 6.29 Å². The topological polar surface area (TPSA) is 34.4 Å². The number of hydrogen-bond donors (Lipinski definition) is 0. The lowest BCUT2D eigenvalue weighted by atomic mass is 10.3. The maximum Gasteiger partial charge on any atom is 0.152 e. The van der Waals surface area contributed by atoms with Crippen LogP contribution in [0.15, 0.2) is 30.6 Å². The summed E-state index contributed by atoms with van der Waals surface area (Å²) in [6.07, 6.45) is 4.25. The van der Waals surface area contributed by atoms with Crippen molar-refractivity contribution in [3.63, 3.8) is 0 Å². The van der Waals surface area contributed by atoms with Crippen molar-refractivity contribution in [2.75, 3.05) is 0 Å². The van der Waals surface area contributed by atoms with Crippen LogP contribution >= 0.6 is 0 Å². The van der Waals surface area contributed by atoms with E-state index in [1.54, 1.807) is 16.8 Å². The summed E-state index contributed by atoms with van der Waals surface area (Å²) in [7, 11) is 0. The van der Waals surface area contributed by atoms with Gasteiger partial charge in [-0.3, -0.25) is 4.79 Å². The van der Waals surface area contributed by atoms with Crippen molar-refractivity contribution in [2.45, 2.75) is 0 Å². The van der Waals surface area contributed by atoms with Gasteiger partial charge < -0.3 is 0 Å². The zero-order valence-corrected chi connectivity index (χ0v) is 5.77. The zero-order valence-electron chi connectivity index (χ0n) is 5.77. The highest BCUT2D eigenvalue weighted by molar-refractivity contribution is 5.85. The van der Waals surface area contributed by atoms with Crippen LogP contribution in [-0.4, -0.2) is 15.9 Å². The van der Waals surface area contributed by atoms with Gasteiger partial charge in [-0.1, -0.05) is 0 Å².